The number of nitrogens with zero attached hydrogens (tertiary/aromatic N) is 4. The van der Waals surface area contributed by atoms with Crippen molar-refractivity contribution in [2.24, 2.45) is 0 Å². The molecule has 190 valence electrons. The second-order valence-corrected chi connectivity index (χ2v) is 8.01. The Balaban J connectivity index is 1.51. The number of rotatable bonds is 7. The number of carbonyl (C=O) groups excluding carboxylic acids is 1. The number of alkyl halides is 2. The molecule has 3 aromatic carbocycles. The summed E-state index contributed by atoms with van der Waals surface area (Å²) < 4.78 is 47.3. The predicted octanol–water partition coefficient (Wildman–Crippen LogP) is 6.43. The number of halogens is 3. The first kappa shape index (κ1) is 24.4. The Morgan fingerprint density at radius 2 is 1.74 bits per heavy atom. The molecule has 5 rings (SSSR count). The van der Waals surface area contributed by atoms with Crippen LogP contribution in [0.1, 0.15) is 22.5 Å². The maximum Gasteiger partial charge on any atom is 0.280 e. The minimum Gasteiger partial charge on any atom is -0.457 e. The number of ether oxygens (including phenoxy) is 1. The van der Waals surface area contributed by atoms with Crippen LogP contribution >= 0.6 is 0 Å². The van der Waals surface area contributed by atoms with Crippen molar-refractivity contribution in [3.63, 3.8) is 0 Å². The van der Waals surface area contributed by atoms with Gasteiger partial charge in [-0.3, -0.25) is 14.9 Å². The van der Waals surface area contributed by atoms with Crippen molar-refractivity contribution >= 4 is 22.9 Å². The molecule has 0 aliphatic carbocycles. The Bertz CT molecular complexity index is 1660. The average Bonchev–Trinajstić information content (AvgIpc) is 3.34. The molecule has 0 aliphatic rings. The fourth-order valence-corrected chi connectivity index (χ4v) is 3.72. The van der Waals surface area contributed by atoms with E-state index in [0.29, 0.717) is 5.56 Å². The summed E-state index contributed by atoms with van der Waals surface area (Å²) >= 11 is 0. The largest absolute Gasteiger partial charge is 0.457 e. The Morgan fingerprint density at radius 3 is 2.42 bits per heavy atom. The summed E-state index contributed by atoms with van der Waals surface area (Å²) in [6.45, 7) is 0. The quantitative estimate of drug-likeness (QED) is 0.196. The molecule has 0 atom stereocenters. The van der Waals surface area contributed by atoms with E-state index in [2.05, 4.69) is 15.4 Å². The number of carbonyl (C=O) groups is 1. The highest BCUT2D eigenvalue weighted by atomic mass is 19.3. The molecule has 12 heteroatoms. The molecule has 38 heavy (non-hydrogen) atoms. The highest BCUT2D eigenvalue weighted by Crippen LogP contribution is 2.31. The van der Waals surface area contributed by atoms with Gasteiger partial charge in [0.1, 0.15) is 28.6 Å². The lowest BCUT2D eigenvalue weighted by Gasteiger charge is -2.10. The monoisotopic (exact) mass is 519 g/mol. The molecule has 0 fully saturated rings. The van der Waals surface area contributed by atoms with Gasteiger partial charge < -0.3 is 10.1 Å². The number of non-ortho nitro benzene ring substituents is 1. The zero-order valence-corrected chi connectivity index (χ0v) is 19.2. The lowest BCUT2D eigenvalue weighted by atomic mass is 10.1. The number of nitro benzene ring substituents is 1. The van der Waals surface area contributed by atoms with E-state index < -0.39 is 28.8 Å². The van der Waals surface area contributed by atoms with Crippen molar-refractivity contribution in [2.75, 3.05) is 5.32 Å². The van der Waals surface area contributed by atoms with Gasteiger partial charge in [-0.1, -0.05) is 30.3 Å². The number of fused-ring (bicyclic) bond motifs is 1. The van der Waals surface area contributed by atoms with E-state index in [9.17, 15) is 28.1 Å². The van der Waals surface area contributed by atoms with Crippen LogP contribution in [0, 0.1) is 15.9 Å². The normalized spacial score (nSPS) is 11.1. The van der Waals surface area contributed by atoms with Crippen molar-refractivity contribution in [1.29, 1.82) is 0 Å². The third kappa shape index (κ3) is 5.00. The van der Waals surface area contributed by atoms with E-state index in [1.165, 1.54) is 24.3 Å². The van der Waals surface area contributed by atoms with Gasteiger partial charge in [0.05, 0.1) is 28.6 Å². The van der Waals surface area contributed by atoms with Crippen molar-refractivity contribution in [1.82, 2.24) is 14.6 Å². The number of amides is 1. The first-order chi connectivity index (χ1) is 18.3. The minimum atomic E-state index is -2.90. The van der Waals surface area contributed by atoms with Gasteiger partial charge in [0.25, 0.3) is 18.0 Å². The molecular formula is C26H16F3N5O4. The standard InChI is InChI=1S/C26H16F3N5O4/c27-16-6-8-19(9-7-16)38-20-11-17(10-18(12-20)34(36)37)31-26(35)21-14-30-33-23(24(28)29)13-22(32-25(21)33)15-4-2-1-3-5-15/h1-14,24H,(H,31,35). The zero-order valence-electron chi connectivity index (χ0n) is 19.2. The van der Waals surface area contributed by atoms with E-state index in [1.54, 1.807) is 30.3 Å². The van der Waals surface area contributed by atoms with Crippen LogP contribution in [0.3, 0.4) is 0 Å². The molecule has 5 aromatic rings. The number of nitrogens with one attached hydrogen (secondary N) is 1. The Labute approximate surface area is 212 Å². The molecule has 1 N–H and O–H groups in total. The minimum absolute atomic E-state index is 0.00504. The number of hydrogen-bond acceptors (Lipinski definition) is 6. The molecule has 2 aromatic heterocycles. The van der Waals surface area contributed by atoms with Gasteiger partial charge in [0.2, 0.25) is 0 Å². The van der Waals surface area contributed by atoms with Crippen molar-refractivity contribution in [2.45, 2.75) is 6.43 Å². The van der Waals surface area contributed by atoms with E-state index >= 15 is 0 Å². The molecule has 0 saturated carbocycles. The third-order valence-corrected chi connectivity index (χ3v) is 5.45. The van der Waals surface area contributed by atoms with Crippen LogP contribution < -0.4 is 10.1 Å². The Kier molecular flexibility index (Phi) is 6.44. The van der Waals surface area contributed by atoms with Gasteiger partial charge in [-0.15, -0.1) is 0 Å². The van der Waals surface area contributed by atoms with E-state index in [4.69, 9.17) is 4.74 Å². The number of benzene rings is 3. The van der Waals surface area contributed by atoms with Crippen LogP contribution in [-0.4, -0.2) is 25.4 Å². The van der Waals surface area contributed by atoms with Gasteiger partial charge >= 0.3 is 0 Å². The van der Waals surface area contributed by atoms with Gasteiger partial charge in [0.15, 0.2) is 5.65 Å². The van der Waals surface area contributed by atoms with Crippen LogP contribution in [0.5, 0.6) is 11.5 Å². The topological polar surface area (TPSA) is 112 Å². The molecule has 0 spiro atoms. The van der Waals surface area contributed by atoms with Crippen LogP contribution in [0.15, 0.2) is 85.1 Å². The van der Waals surface area contributed by atoms with E-state index in [0.717, 1.165) is 35.0 Å². The number of hydrogen-bond donors (Lipinski definition) is 1. The lowest BCUT2D eigenvalue weighted by molar-refractivity contribution is -0.384. The SMILES string of the molecule is O=C(Nc1cc(Oc2ccc(F)cc2)cc([N+](=O)[O-])c1)c1cnn2c(C(F)F)cc(-c3ccccc3)nc12. The van der Waals surface area contributed by atoms with Crippen LogP contribution in [0.4, 0.5) is 24.5 Å². The van der Waals surface area contributed by atoms with Crippen LogP contribution in [0.25, 0.3) is 16.9 Å². The smallest absolute Gasteiger partial charge is 0.280 e. The fourth-order valence-electron chi connectivity index (χ4n) is 3.72. The molecule has 1 amide bonds. The van der Waals surface area contributed by atoms with E-state index in [1.807, 2.05) is 0 Å². The molecule has 0 bridgehead atoms. The first-order valence-electron chi connectivity index (χ1n) is 11.0. The first-order valence-corrected chi connectivity index (χ1v) is 11.0. The number of nitro groups is 1. The second kappa shape index (κ2) is 10.0. The predicted molar refractivity (Wildman–Crippen MR) is 131 cm³/mol. The van der Waals surface area contributed by atoms with Gasteiger partial charge in [0, 0.05) is 17.7 Å². The summed E-state index contributed by atoms with van der Waals surface area (Å²) in [6, 6.07) is 18.3. The molecular weight excluding hydrogens is 503 g/mol. The molecule has 9 nitrogen and oxygen atoms in total. The molecule has 2 heterocycles. The number of aromatic nitrogens is 3. The third-order valence-electron chi connectivity index (χ3n) is 5.45. The van der Waals surface area contributed by atoms with Gasteiger partial charge in [-0.25, -0.2) is 22.7 Å². The highest BCUT2D eigenvalue weighted by Gasteiger charge is 2.22. The molecule has 0 aliphatic heterocycles. The van der Waals surface area contributed by atoms with Gasteiger partial charge in [-0.2, -0.15) is 5.10 Å². The summed E-state index contributed by atoms with van der Waals surface area (Å²) in [7, 11) is 0. The van der Waals surface area contributed by atoms with Crippen molar-refractivity contribution in [3.05, 3.63) is 112 Å². The zero-order chi connectivity index (χ0) is 26.8. The van der Waals surface area contributed by atoms with Gasteiger partial charge in [-0.05, 0) is 30.3 Å². The number of anilines is 1. The summed E-state index contributed by atoms with van der Waals surface area (Å²) in [5.41, 5.74) is -0.319. The van der Waals surface area contributed by atoms with Crippen LogP contribution in [-0.2, 0) is 0 Å². The second-order valence-electron chi connectivity index (χ2n) is 8.01. The molecule has 0 saturated heterocycles. The summed E-state index contributed by atoms with van der Waals surface area (Å²) in [4.78, 5) is 28.3. The molecule has 0 radical (unpaired) electrons. The maximum absolute atomic E-state index is 13.8. The average molecular weight is 519 g/mol. The van der Waals surface area contributed by atoms with Crippen molar-refractivity contribution < 1.29 is 27.6 Å². The highest BCUT2D eigenvalue weighted by molar-refractivity contribution is 6.08. The lowest BCUT2D eigenvalue weighted by Crippen LogP contribution is -2.13. The molecule has 0 unspecified atom stereocenters. The maximum atomic E-state index is 13.8. The summed E-state index contributed by atoms with van der Waals surface area (Å²) in [5, 5.41) is 17.9. The Morgan fingerprint density at radius 1 is 1.00 bits per heavy atom. The van der Waals surface area contributed by atoms with E-state index in [-0.39, 0.29) is 39.8 Å². The Hall–Kier alpha value is -5.26. The van der Waals surface area contributed by atoms with Crippen LogP contribution in [0.2, 0.25) is 0 Å². The summed E-state index contributed by atoms with van der Waals surface area (Å²) in [6.07, 6.45) is -1.81. The van der Waals surface area contributed by atoms with Crippen molar-refractivity contribution in [3.8, 4) is 22.8 Å². The fraction of sp³-hybridized carbons (Fsp3) is 0.0385. The summed E-state index contributed by atoms with van der Waals surface area (Å²) in [5.74, 6) is -1.06.